The van der Waals surface area contributed by atoms with Crippen LogP contribution in [0.3, 0.4) is 0 Å². The lowest BCUT2D eigenvalue weighted by molar-refractivity contribution is -0.142. The molecule has 0 saturated carbocycles. The van der Waals surface area contributed by atoms with Crippen LogP contribution in [0.1, 0.15) is 20.8 Å². The molecule has 0 amide bonds. The molecule has 1 aromatic rings. The molecule has 0 aromatic carbocycles. The standard InChI is InChI=1S/C12H19FN4O2/c1-5-14-12-15-6-8(13)10(17-12)16-9(7(2)3)11(18)19-4/h6-7,9H,5H2,1-4H3,(H2,14,15,16,17). The number of aromatic nitrogens is 2. The summed E-state index contributed by atoms with van der Waals surface area (Å²) in [5.74, 6) is -0.854. The number of halogens is 1. The van der Waals surface area contributed by atoms with Gasteiger partial charge in [-0.1, -0.05) is 13.8 Å². The van der Waals surface area contributed by atoms with Gasteiger partial charge in [0.1, 0.15) is 6.04 Å². The number of hydrogen-bond acceptors (Lipinski definition) is 6. The predicted octanol–water partition coefficient (Wildman–Crippen LogP) is 1.66. The summed E-state index contributed by atoms with van der Waals surface area (Å²) in [5, 5.41) is 5.63. The lowest BCUT2D eigenvalue weighted by Gasteiger charge is -2.20. The van der Waals surface area contributed by atoms with Gasteiger partial charge in [-0.3, -0.25) is 0 Å². The molecular formula is C12H19FN4O2. The minimum absolute atomic E-state index is 0.0185. The summed E-state index contributed by atoms with van der Waals surface area (Å²) in [6.07, 6.45) is 1.06. The van der Waals surface area contributed by atoms with Crippen molar-refractivity contribution in [3.8, 4) is 0 Å². The Balaban J connectivity index is 2.95. The van der Waals surface area contributed by atoms with E-state index in [0.717, 1.165) is 6.20 Å². The van der Waals surface area contributed by atoms with Crippen LogP contribution in [0.5, 0.6) is 0 Å². The first kappa shape index (κ1) is 15.1. The van der Waals surface area contributed by atoms with Crippen molar-refractivity contribution in [2.75, 3.05) is 24.3 Å². The fourth-order valence-electron chi connectivity index (χ4n) is 1.48. The monoisotopic (exact) mass is 270 g/mol. The molecule has 0 spiro atoms. The number of ether oxygens (including phenoxy) is 1. The third-order valence-corrected chi connectivity index (χ3v) is 2.49. The molecule has 1 atom stereocenters. The number of rotatable bonds is 6. The zero-order valence-electron chi connectivity index (χ0n) is 11.5. The highest BCUT2D eigenvalue weighted by atomic mass is 19.1. The molecule has 1 heterocycles. The Morgan fingerprint density at radius 2 is 2.21 bits per heavy atom. The second-order valence-corrected chi connectivity index (χ2v) is 4.31. The predicted molar refractivity (Wildman–Crippen MR) is 70.4 cm³/mol. The number of methoxy groups -OCH3 is 1. The van der Waals surface area contributed by atoms with Gasteiger partial charge in [-0.15, -0.1) is 0 Å². The molecule has 0 aliphatic rings. The zero-order chi connectivity index (χ0) is 14.4. The van der Waals surface area contributed by atoms with E-state index in [9.17, 15) is 9.18 Å². The van der Waals surface area contributed by atoms with Crippen LogP contribution >= 0.6 is 0 Å². The summed E-state index contributed by atoms with van der Waals surface area (Å²) < 4.78 is 18.3. The Bertz CT molecular complexity index is 440. The van der Waals surface area contributed by atoms with E-state index in [1.807, 2.05) is 20.8 Å². The Labute approximate surface area is 111 Å². The van der Waals surface area contributed by atoms with E-state index in [1.165, 1.54) is 7.11 Å². The van der Waals surface area contributed by atoms with Crippen molar-refractivity contribution in [3.63, 3.8) is 0 Å². The highest BCUT2D eigenvalue weighted by Gasteiger charge is 2.24. The first-order valence-corrected chi connectivity index (χ1v) is 6.10. The molecule has 7 heteroatoms. The maximum atomic E-state index is 13.6. The molecule has 0 aliphatic heterocycles. The van der Waals surface area contributed by atoms with Crippen molar-refractivity contribution in [1.29, 1.82) is 0 Å². The average Bonchev–Trinajstić information content (AvgIpc) is 2.38. The lowest BCUT2D eigenvalue weighted by Crippen LogP contribution is -2.36. The van der Waals surface area contributed by atoms with E-state index in [4.69, 9.17) is 0 Å². The van der Waals surface area contributed by atoms with Gasteiger partial charge >= 0.3 is 5.97 Å². The molecule has 1 unspecified atom stereocenters. The Morgan fingerprint density at radius 3 is 2.74 bits per heavy atom. The fourth-order valence-corrected chi connectivity index (χ4v) is 1.48. The van der Waals surface area contributed by atoms with Crippen LogP contribution in [-0.4, -0.2) is 35.6 Å². The van der Waals surface area contributed by atoms with E-state index in [0.29, 0.717) is 12.5 Å². The molecule has 1 rings (SSSR count). The normalized spacial score (nSPS) is 12.1. The van der Waals surface area contributed by atoms with E-state index < -0.39 is 17.8 Å². The van der Waals surface area contributed by atoms with Crippen LogP contribution in [-0.2, 0) is 9.53 Å². The summed E-state index contributed by atoms with van der Waals surface area (Å²) in [6, 6.07) is -0.663. The SMILES string of the molecule is CCNc1ncc(F)c(NC(C(=O)OC)C(C)C)n1. The molecule has 0 radical (unpaired) electrons. The van der Waals surface area contributed by atoms with Crippen molar-refractivity contribution >= 4 is 17.7 Å². The van der Waals surface area contributed by atoms with E-state index in [1.54, 1.807) is 0 Å². The quantitative estimate of drug-likeness (QED) is 0.766. The van der Waals surface area contributed by atoms with Crippen LogP contribution in [0.2, 0.25) is 0 Å². The van der Waals surface area contributed by atoms with Crippen LogP contribution < -0.4 is 10.6 Å². The van der Waals surface area contributed by atoms with Gasteiger partial charge in [-0.05, 0) is 12.8 Å². The fraction of sp³-hybridized carbons (Fsp3) is 0.583. The van der Waals surface area contributed by atoms with E-state index >= 15 is 0 Å². The maximum absolute atomic E-state index is 13.6. The van der Waals surface area contributed by atoms with Gasteiger partial charge < -0.3 is 15.4 Å². The van der Waals surface area contributed by atoms with E-state index in [2.05, 4.69) is 25.3 Å². The Kier molecular flexibility index (Phi) is 5.47. The van der Waals surface area contributed by atoms with E-state index in [-0.39, 0.29) is 11.7 Å². The number of carbonyl (C=O) groups excluding carboxylic acids is 1. The molecule has 106 valence electrons. The van der Waals surface area contributed by atoms with Crippen LogP contribution in [0.15, 0.2) is 6.20 Å². The van der Waals surface area contributed by atoms with Gasteiger partial charge in [0.25, 0.3) is 0 Å². The van der Waals surface area contributed by atoms with Crippen LogP contribution in [0.25, 0.3) is 0 Å². The molecule has 19 heavy (non-hydrogen) atoms. The van der Waals surface area contributed by atoms with Gasteiger partial charge in [0, 0.05) is 6.54 Å². The summed E-state index contributed by atoms with van der Waals surface area (Å²) >= 11 is 0. The van der Waals surface area contributed by atoms with Gasteiger partial charge in [0.2, 0.25) is 5.95 Å². The van der Waals surface area contributed by atoms with Gasteiger partial charge in [-0.2, -0.15) is 4.98 Å². The van der Waals surface area contributed by atoms with Gasteiger partial charge in [0.15, 0.2) is 11.6 Å². The minimum atomic E-state index is -0.663. The summed E-state index contributed by atoms with van der Waals surface area (Å²) in [5.41, 5.74) is 0. The molecule has 6 nitrogen and oxygen atoms in total. The molecule has 0 aliphatic carbocycles. The second-order valence-electron chi connectivity index (χ2n) is 4.31. The van der Waals surface area contributed by atoms with Crippen LogP contribution in [0.4, 0.5) is 16.2 Å². The third kappa shape index (κ3) is 4.04. The number of carbonyl (C=O) groups is 1. The number of anilines is 2. The molecule has 0 saturated heterocycles. The highest BCUT2D eigenvalue weighted by Crippen LogP contribution is 2.16. The summed E-state index contributed by atoms with van der Waals surface area (Å²) in [7, 11) is 1.29. The van der Waals surface area contributed by atoms with Crippen molar-refractivity contribution in [3.05, 3.63) is 12.0 Å². The Hall–Kier alpha value is -1.92. The smallest absolute Gasteiger partial charge is 0.328 e. The Morgan fingerprint density at radius 1 is 1.53 bits per heavy atom. The zero-order valence-corrected chi connectivity index (χ0v) is 11.5. The van der Waals surface area contributed by atoms with Gasteiger partial charge in [0.05, 0.1) is 13.3 Å². The summed E-state index contributed by atoms with van der Waals surface area (Å²) in [6.45, 7) is 6.17. The third-order valence-electron chi connectivity index (χ3n) is 2.49. The largest absolute Gasteiger partial charge is 0.467 e. The maximum Gasteiger partial charge on any atom is 0.328 e. The van der Waals surface area contributed by atoms with Crippen molar-refractivity contribution in [2.45, 2.75) is 26.8 Å². The summed E-state index contributed by atoms with van der Waals surface area (Å²) in [4.78, 5) is 19.4. The minimum Gasteiger partial charge on any atom is -0.467 e. The number of nitrogens with zero attached hydrogens (tertiary/aromatic N) is 2. The van der Waals surface area contributed by atoms with Crippen LogP contribution in [0, 0.1) is 11.7 Å². The first-order chi connectivity index (χ1) is 8.99. The molecule has 0 fully saturated rings. The molecular weight excluding hydrogens is 251 g/mol. The molecule has 1 aromatic heterocycles. The van der Waals surface area contributed by atoms with Gasteiger partial charge in [-0.25, -0.2) is 14.2 Å². The topological polar surface area (TPSA) is 76.1 Å². The average molecular weight is 270 g/mol. The highest BCUT2D eigenvalue weighted by molar-refractivity contribution is 5.79. The lowest BCUT2D eigenvalue weighted by atomic mass is 10.0. The van der Waals surface area contributed by atoms with Crippen molar-refractivity contribution in [2.24, 2.45) is 5.92 Å². The second kappa shape index (κ2) is 6.86. The number of esters is 1. The van der Waals surface area contributed by atoms with Crippen molar-refractivity contribution < 1.29 is 13.9 Å². The number of nitrogens with one attached hydrogen (secondary N) is 2. The first-order valence-electron chi connectivity index (χ1n) is 6.10. The molecule has 2 N–H and O–H groups in total. The number of hydrogen-bond donors (Lipinski definition) is 2. The van der Waals surface area contributed by atoms with Crippen molar-refractivity contribution in [1.82, 2.24) is 9.97 Å². The molecule has 0 bridgehead atoms.